The van der Waals surface area contributed by atoms with Crippen LogP contribution < -0.4 is 0 Å². The third kappa shape index (κ3) is 4.28. The summed E-state index contributed by atoms with van der Waals surface area (Å²) in [6.45, 7) is 3.57. The standard InChI is InChI=1S/C7H10ClIO/c1-2-3-4-6(5-9)7(8)10/h2,6H,1,3-5H2. The van der Waals surface area contributed by atoms with Gasteiger partial charge in [0.1, 0.15) is 0 Å². The number of carbonyl (C=O) groups is 1. The smallest absolute Gasteiger partial charge is 0.225 e. The molecule has 0 heterocycles. The lowest BCUT2D eigenvalue weighted by molar-refractivity contribution is -0.114. The van der Waals surface area contributed by atoms with E-state index in [9.17, 15) is 4.79 Å². The molecule has 0 aromatic heterocycles. The summed E-state index contributed by atoms with van der Waals surface area (Å²) in [5.41, 5.74) is 0. The van der Waals surface area contributed by atoms with Crippen molar-refractivity contribution in [1.82, 2.24) is 0 Å². The Hall–Kier alpha value is 0.430. The van der Waals surface area contributed by atoms with Gasteiger partial charge in [0, 0.05) is 10.3 Å². The van der Waals surface area contributed by atoms with Gasteiger partial charge in [-0.15, -0.1) is 6.58 Å². The number of allylic oxidation sites excluding steroid dienone is 1. The molecule has 0 saturated heterocycles. The average molecular weight is 273 g/mol. The Morgan fingerprint density at radius 3 is 2.70 bits per heavy atom. The van der Waals surface area contributed by atoms with Crippen LogP contribution in [0.25, 0.3) is 0 Å². The first-order valence-corrected chi connectivity index (χ1v) is 4.99. The lowest BCUT2D eigenvalue weighted by atomic mass is 10.1. The SMILES string of the molecule is C=CCCC(CI)C(=O)Cl. The molecule has 0 rings (SSSR count). The van der Waals surface area contributed by atoms with Crippen LogP contribution in [0, 0.1) is 5.92 Å². The molecule has 0 aromatic rings. The van der Waals surface area contributed by atoms with E-state index < -0.39 is 0 Å². The van der Waals surface area contributed by atoms with E-state index in [2.05, 4.69) is 29.2 Å². The Kier molecular flexibility index (Phi) is 6.43. The van der Waals surface area contributed by atoms with Crippen LogP contribution in [0.2, 0.25) is 0 Å². The molecule has 0 N–H and O–H groups in total. The van der Waals surface area contributed by atoms with Gasteiger partial charge in [0.25, 0.3) is 0 Å². The molecule has 0 aliphatic carbocycles. The normalized spacial score (nSPS) is 12.6. The van der Waals surface area contributed by atoms with Crippen molar-refractivity contribution in [3.63, 3.8) is 0 Å². The van der Waals surface area contributed by atoms with Gasteiger partial charge in [-0.05, 0) is 24.4 Å². The second kappa shape index (κ2) is 6.16. The van der Waals surface area contributed by atoms with E-state index in [1.807, 2.05) is 0 Å². The third-order valence-electron chi connectivity index (χ3n) is 1.23. The molecule has 0 fully saturated rings. The fourth-order valence-electron chi connectivity index (χ4n) is 0.570. The zero-order valence-corrected chi connectivity index (χ0v) is 8.56. The van der Waals surface area contributed by atoms with Crippen LogP contribution in [0.4, 0.5) is 0 Å². The first-order valence-electron chi connectivity index (χ1n) is 3.08. The predicted molar refractivity (Wildman–Crippen MR) is 52.7 cm³/mol. The molecule has 0 amide bonds. The van der Waals surface area contributed by atoms with Gasteiger partial charge in [-0.2, -0.15) is 0 Å². The van der Waals surface area contributed by atoms with Crippen molar-refractivity contribution in [2.45, 2.75) is 12.8 Å². The molecule has 0 saturated carbocycles. The van der Waals surface area contributed by atoms with Gasteiger partial charge < -0.3 is 0 Å². The van der Waals surface area contributed by atoms with Gasteiger partial charge in [-0.25, -0.2) is 0 Å². The second-order valence-electron chi connectivity index (χ2n) is 2.02. The Balaban J connectivity index is 3.60. The van der Waals surface area contributed by atoms with Gasteiger partial charge in [0.15, 0.2) is 0 Å². The average Bonchev–Trinajstić information content (AvgIpc) is 1.89. The Morgan fingerprint density at radius 2 is 2.40 bits per heavy atom. The van der Waals surface area contributed by atoms with E-state index in [-0.39, 0.29) is 11.2 Å². The van der Waals surface area contributed by atoms with Gasteiger partial charge in [-0.1, -0.05) is 28.7 Å². The molecule has 0 bridgehead atoms. The van der Waals surface area contributed by atoms with Crippen LogP contribution in [-0.2, 0) is 4.79 Å². The lowest BCUT2D eigenvalue weighted by Gasteiger charge is -2.04. The highest BCUT2D eigenvalue weighted by Gasteiger charge is 2.12. The molecule has 10 heavy (non-hydrogen) atoms. The monoisotopic (exact) mass is 272 g/mol. The molecular weight excluding hydrogens is 262 g/mol. The molecule has 58 valence electrons. The first-order chi connectivity index (χ1) is 4.72. The highest BCUT2D eigenvalue weighted by atomic mass is 127. The van der Waals surface area contributed by atoms with E-state index in [1.54, 1.807) is 6.08 Å². The fraction of sp³-hybridized carbons (Fsp3) is 0.571. The van der Waals surface area contributed by atoms with E-state index in [1.165, 1.54) is 0 Å². The maximum Gasteiger partial charge on any atom is 0.225 e. The predicted octanol–water partition coefficient (Wildman–Crippen LogP) is 2.77. The van der Waals surface area contributed by atoms with Crippen molar-refractivity contribution >= 4 is 39.4 Å². The van der Waals surface area contributed by atoms with Crippen molar-refractivity contribution in [2.24, 2.45) is 5.92 Å². The maximum atomic E-state index is 10.6. The van der Waals surface area contributed by atoms with Gasteiger partial charge in [0.2, 0.25) is 5.24 Å². The van der Waals surface area contributed by atoms with Gasteiger partial charge >= 0.3 is 0 Å². The summed E-state index contributed by atoms with van der Waals surface area (Å²) in [6.07, 6.45) is 3.50. The minimum Gasteiger partial charge on any atom is -0.281 e. The topological polar surface area (TPSA) is 17.1 Å². The van der Waals surface area contributed by atoms with Gasteiger partial charge in [-0.3, -0.25) is 4.79 Å². The molecule has 1 nitrogen and oxygen atoms in total. The molecule has 0 spiro atoms. The van der Waals surface area contributed by atoms with E-state index >= 15 is 0 Å². The zero-order chi connectivity index (χ0) is 7.98. The molecular formula is C7H10ClIO. The fourth-order valence-corrected chi connectivity index (χ4v) is 1.86. The number of carbonyl (C=O) groups excluding carboxylic acids is 1. The van der Waals surface area contributed by atoms with E-state index in [4.69, 9.17) is 11.6 Å². The number of hydrogen-bond acceptors (Lipinski definition) is 1. The van der Waals surface area contributed by atoms with Crippen molar-refractivity contribution in [3.05, 3.63) is 12.7 Å². The number of rotatable bonds is 5. The molecule has 1 atom stereocenters. The lowest BCUT2D eigenvalue weighted by Crippen LogP contribution is -2.09. The zero-order valence-electron chi connectivity index (χ0n) is 5.65. The van der Waals surface area contributed by atoms with Crippen molar-refractivity contribution in [1.29, 1.82) is 0 Å². The molecule has 0 aromatic carbocycles. The van der Waals surface area contributed by atoms with Crippen LogP contribution in [0.1, 0.15) is 12.8 Å². The van der Waals surface area contributed by atoms with Gasteiger partial charge in [0.05, 0.1) is 0 Å². The number of hydrogen-bond donors (Lipinski definition) is 0. The van der Waals surface area contributed by atoms with E-state index in [0.29, 0.717) is 0 Å². The van der Waals surface area contributed by atoms with Crippen LogP contribution >= 0.6 is 34.2 Å². The van der Waals surface area contributed by atoms with Crippen LogP contribution in [0.15, 0.2) is 12.7 Å². The Bertz CT molecular complexity index is 125. The maximum absolute atomic E-state index is 10.6. The summed E-state index contributed by atoms with van der Waals surface area (Å²) >= 11 is 7.47. The molecule has 0 aliphatic heterocycles. The minimum absolute atomic E-state index is 0.0141. The largest absolute Gasteiger partial charge is 0.281 e. The molecule has 0 aliphatic rings. The highest BCUT2D eigenvalue weighted by molar-refractivity contribution is 14.1. The Morgan fingerprint density at radius 1 is 1.80 bits per heavy atom. The quantitative estimate of drug-likeness (QED) is 0.325. The molecule has 3 heteroatoms. The van der Waals surface area contributed by atoms with E-state index in [0.717, 1.165) is 17.3 Å². The summed E-state index contributed by atoms with van der Waals surface area (Å²) in [6, 6.07) is 0. The summed E-state index contributed by atoms with van der Waals surface area (Å²) in [5.74, 6) is 0.0141. The summed E-state index contributed by atoms with van der Waals surface area (Å²) in [5, 5.41) is -0.226. The second-order valence-corrected chi connectivity index (χ2v) is 3.27. The number of alkyl halides is 1. The van der Waals surface area contributed by atoms with Crippen LogP contribution in [-0.4, -0.2) is 9.67 Å². The Labute approximate surface area is 80.0 Å². The summed E-state index contributed by atoms with van der Waals surface area (Å²) in [4.78, 5) is 10.6. The molecule has 1 unspecified atom stereocenters. The minimum atomic E-state index is -0.226. The van der Waals surface area contributed by atoms with Crippen molar-refractivity contribution in [2.75, 3.05) is 4.43 Å². The summed E-state index contributed by atoms with van der Waals surface area (Å²) in [7, 11) is 0. The van der Waals surface area contributed by atoms with Crippen LogP contribution in [0.3, 0.4) is 0 Å². The van der Waals surface area contributed by atoms with Crippen LogP contribution in [0.5, 0.6) is 0 Å². The highest BCUT2D eigenvalue weighted by Crippen LogP contribution is 2.13. The van der Waals surface area contributed by atoms with Crippen molar-refractivity contribution < 1.29 is 4.79 Å². The van der Waals surface area contributed by atoms with Crippen molar-refractivity contribution in [3.8, 4) is 0 Å². The number of halogens is 2. The summed E-state index contributed by atoms with van der Waals surface area (Å²) < 4.78 is 0.800. The molecule has 0 radical (unpaired) electrons. The first kappa shape index (κ1) is 10.4. The third-order valence-corrected chi connectivity index (χ3v) is 2.60.